The summed E-state index contributed by atoms with van der Waals surface area (Å²) in [5.74, 6) is 0.562. The molecule has 8 heteroatoms. The van der Waals surface area contributed by atoms with Gasteiger partial charge in [0.1, 0.15) is 17.2 Å². The highest BCUT2D eigenvalue weighted by atomic mass is 32.2. The smallest absolute Gasteiger partial charge is 0.220 e. The molecule has 20 heavy (non-hydrogen) atoms. The lowest BCUT2D eigenvalue weighted by atomic mass is 10.1. The zero-order chi connectivity index (χ0) is 14.2. The second-order valence-corrected chi connectivity index (χ2v) is 7.40. The highest BCUT2D eigenvalue weighted by Crippen LogP contribution is 2.16. The number of rotatable bonds is 4. The van der Waals surface area contributed by atoms with Crippen molar-refractivity contribution in [2.75, 3.05) is 39.3 Å². The standard InChI is InChI=1S/C12H20N4O3S/c1-10-6-11(14-19-10)9-20(17,18)16-4-2-15(3-5-16)12-7-13-8-12/h6,12-13H,2-5,7-9H2,1H3. The van der Waals surface area contributed by atoms with Crippen LogP contribution in [0.25, 0.3) is 0 Å². The summed E-state index contributed by atoms with van der Waals surface area (Å²) in [7, 11) is -3.29. The van der Waals surface area contributed by atoms with E-state index in [1.165, 1.54) is 0 Å². The van der Waals surface area contributed by atoms with Crippen LogP contribution in [-0.2, 0) is 15.8 Å². The summed E-state index contributed by atoms with van der Waals surface area (Å²) >= 11 is 0. The van der Waals surface area contributed by atoms with Crippen molar-refractivity contribution >= 4 is 10.0 Å². The van der Waals surface area contributed by atoms with Crippen molar-refractivity contribution < 1.29 is 12.9 Å². The molecule has 2 saturated heterocycles. The molecule has 2 fully saturated rings. The van der Waals surface area contributed by atoms with Crippen LogP contribution >= 0.6 is 0 Å². The summed E-state index contributed by atoms with van der Waals surface area (Å²) in [5.41, 5.74) is 0.480. The third kappa shape index (κ3) is 2.88. The molecule has 0 aromatic carbocycles. The van der Waals surface area contributed by atoms with Crippen molar-refractivity contribution in [2.24, 2.45) is 0 Å². The first-order valence-electron chi connectivity index (χ1n) is 6.89. The lowest BCUT2D eigenvalue weighted by molar-refractivity contribution is 0.103. The van der Waals surface area contributed by atoms with Gasteiger partial charge in [0.15, 0.2) is 0 Å². The molecular weight excluding hydrogens is 280 g/mol. The molecular formula is C12H20N4O3S. The number of sulfonamides is 1. The van der Waals surface area contributed by atoms with Crippen LogP contribution in [0.1, 0.15) is 11.5 Å². The summed E-state index contributed by atoms with van der Waals surface area (Å²) in [4.78, 5) is 2.36. The van der Waals surface area contributed by atoms with Gasteiger partial charge in [-0.1, -0.05) is 5.16 Å². The van der Waals surface area contributed by atoms with Crippen LogP contribution in [0.3, 0.4) is 0 Å². The molecule has 3 heterocycles. The van der Waals surface area contributed by atoms with Crippen molar-refractivity contribution in [2.45, 2.75) is 18.7 Å². The van der Waals surface area contributed by atoms with Gasteiger partial charge in [-0.3, -0.25) is 4.90 Å². The molecule has 0 aliphatic carbocycles. The monoisotopic (exact) mass is 300 g/mol. The number of nitrogens with one attached hydrogen (secondary N) is 1. The second kappa shape index (κ2) is 5.44. The predicted molar refractivity (Wildman–Crippen MR) is 73.7 cm³/mol. The van der Waals surface area contributed by atoms with Crippen LogP contribution in [-0.4, -0.2) is 68.1 Å². The molecule has 0 radical (unpaired) electrons. The molecule has 0 saturated carbocycles. The van der Waals surface area contributed by atoms with Gasteiger partial charge in [-0.05, 0) is 6.92 Å². The van der Waals surface area contributed by atoms with Gasteiger partial charge in [-0.25, -0.2) is 8.42 Å². The van der Waals surface area contributed by atoms with Crippen LogP contribution in [0.15, 0.2) is 10.6 Å². The quantitative estimate of drug-likeness (QED) is 0.800. The van der Waals surface area contributed by atoms with E-state index >= 15 is 0 Å². The summed E-state index contributed by atoms with van der Waals surface area (Å²) in [6.07, 6.45) is 0. The van der Waals surface area contributed by atoms with E-state index in [0.29, 0.717) is 30.6 Å². The Balaban J connectivity index is 1.58. The summed E-state index contributed by atoms with van der Waals surface area (Å²) in [5, 5.41) is 7.00. The van der Waals surface area contributed by atoms with Gasteiger partial charge in [0.25, 0.3) is 0 Å². The number of nitrogens with zero attached hydrogens (tertiary/aromatic N) is 3. The Labute approximate surface area is 118 Å². The zero-order valence-corrected chi connectivity index (χ0v) is 12.4. The molecule has 1 aromatic heterocycles. The highest BCUT2D eigenvalue weighted by molar-refractivity contribution is 7.88. The van der Waals surface area contributed by atoms with Crippen LogP contribution < -0.4 is 5.32 Å². The first-order valence-corrected chi connectivity index (χ1v) is 8.50. The molecule has 0 atom stereocenters. The van der Waals surface area contributed by atoms with Gasteiger partial charge in [0, 0.05) is 51.4 Å². The summed E-state index contributed by atoms with van der Waals surface area (Å²) < 4.78 is 31.2. The third-order valence-electron chi connectivity index (χ3n) is 3.95. The minimum Gasteiger partial charge on any atom is -0.361 e. The first kappa shape index (κ1) is 14.0. The topological polar surface area (TPSA) is 78.7 Å². The fraction of sp³-hybridized carbons (Fsp3) is 0.750. The summed E-state index contributed by atoms with van der Waals surface area (Å²) in [6, 6.07) is 2.26. The number of piperazine rings is 1. The molecule has 2 aliphatic heterocycles. The van der Waals surface area contributed by atoms with Crippen molar-refractivity contribution in [3.63, 3.8) is 0 Å². The lowest BCUT2D eigenvalue weighted by Gasteiger charge is -2.42. The normalized spacial score (nSPS) is 22.9. The maximum Gasteiger partial charge on any atom is 0.220 e. The minimum atomic E-state index is -3.29. The average Bonchev–Trinajstić information content (AvgIpc) is 2.72. The van der Waals surface area contributed by atoms with Gasteiger partial charge in [0.05, 0.1) is 0 Å². The van der Waals surface area contributed by atoms with Crippen molar-refractivity contribution in [1.29, 1.82) is 0 Å². The van der Waals surface area contributed by atoms with E-state index in [0.717, 1.165) is 26.2 Å². The molecule has 2 aliphatic rings. The van der Waals surface area contributed by atoms with Crippen molar-refractivity contribution in [1.82, 2.24) is 19.7 Å². The fourth-order valence-corrected chi connectivity index (χ4v) is 4.05. The molecule has 0 spiro atoms. The molecule has 0 amide bonds. The fourth-order valence-electron chi connectivity index (χ4n) is 2.64. The van der Waals surface area contributed by atoms with Crippen LogP contribution in [0, 0.1) is 6.92 Å². The number of aryl methyl sites for hydroxylation is 1. The molecule has 1 N–H and O–H groups in total. The molecule has 1 aromatic rings. The second-order valence-electron chi connectivity index (χ2n) is 5.43. The van der Waals surface area contributed by atoms with Gasteiger partial charge in [0.2, 0.25) is 10.0 Å². The van der Waals surface area contributed by atoms with E-state index in [1.54, 1.807) is 17.3 Å². The molecule has 112 valence electrons. The zero-order valence-electron chi connectivity index (χ0n) is 11.6. The third-order valence-corrected chi connectivity index (χ3v) is 5.76. The average molecular weight is 300 g/mol. The Morgan fingerprint density at radius 2 is 2.05 bits per heavy atom. The Hall–Kier alpha value is -0.960. The van der Waals surface area contributed by atoms with E-state index in [9.17, 15) is 8.42 Å². The summed E-state index contributed by atoms with van der Waals surface area (Å²) in [6.45, 7) is 6.54. The molecule has 7 nitrogen and oxygen atoms in total. The van der Waals surface area contributed by atoms with Gasteiger partial charge in [-0.2, -0.15) is 4.31 Å². The largest absolute Gasteiger partial charge is 0.361 e. The van der Waals surface area contributed by atoms with Crippen molar-refractivity contribution in [3.05, 3.63) is 17.5 Å². The first-order chi connectivity index (χ1) is 9.54. The maximum absolute atomic E-state index is 12.3. The van der Waals surface area contributed by atoms with E-state index < -0.39 is 10.0 Å². The van der Waals surface area contributed by atoms with Crippen molar-refractivity contribution in [3.8, 4) is 0 Å². The molecule has 0 bridgehead atoms. The maximum atomic E-state index is 12.3. The Bertz CT molecular complexity index is 559. The van der Waals surface area contributed by atoms with Gasteiger partial charge in [-0.15, -0.1) is 0 Å². The number of hydrogen-bond acceptors (Lipinski definition) is 6. The van der Waals surface area contributed by atoms with Crippen LogP contribution in [0.2, 0.25) is 0 Å². The van der Waals surface area contributed by atoms with E-state index in [1.807, 2.05) is 0 Å². The lowest BCUT2D eigenvalue weighted by Crippen LogP contribution is -2.62. The Morgan fingerprint density at radius 3 is 2.55 bits per heavy atom. The van der Waals surface area contributed by atoms with Crippen LogP contribution in [0.5, 0.6) is 0 Å². The predicted octanol–water partition coefficient (Wildman–Crippen LogP) is -0.598. The van der Waals surface area contributed by atoms with Crippen LogP contribution in [0.4, 0.5) is 0 Å². The Morgan fingerprint density at radius 1 is 1.35 bits per heavy atom. The number of aromatic nitrogens is 1. The highest BCUT2D eigenvalue weighted by Gasteiger charge is 2.32. The van der Waals surface area contributed by atoms with E-state index in [2.05, 4.69) is 15.4 Å². The van der Waals surface area contributed by atoms with E-state index in [-0.39, 0.29) is 5.75 Å². The van der Waals surface area contributed by atoms with E-state index in [4.69, 9.17) is 4.52 Å². The number of hydrogen-bond donors (Lipinski definition) is 1. The van der Waals surface area contributed by atoms with Gasteiger partial charge < -0.3 is 9.84 Å². The minimum absolute atomic E-state index is 0.0741. The molecule has 0 unspecified atom stereocenters. The Kier molecular flexibility index (Phi) is 3.80. The SMILES string of the molecule is Cc1cc(CS(=O)(=O)N2CCN(C3CNC3)CC2)no1. The van der Waals surface area contributed by atoms with Gasteiger partial charge >= 0.3 is 0 Å². The molecule has 3 rings (SSSR count).